The van der Waals surface area contributed by atoms with Gasteiger partial charge < -0.3 is 24.5 Å². The van der Waals surface area contributed by atoms with Crippen molar-refractivity contribution in [2.75, 3.05) is 44.7 Å². The SMILES string of the molecule is CC.CCCCOc1ccc(-c2c(-c3nc4ccc(N5CCN(C)CC5)cc4[nH]3)[nH]c(C)c2C(C)=O)cc1. The molecule has 202 valence electrons. The van der Waals surface area contributed by atoms with E-state index in [-0.39, 0.29) is 5.78 Å². The van der Waals surface area contributed by atoms with Gasteiger partial charge in [0.2, 0.25) is 0 Å². The number of nitrogens with zero attached hydrogens (tertiary/aromatic N) is 3. The summed E-state index contributed by atoms with van der Waals surface area (Å²) in [4.78, 5) is 29.3. The second kappa shape index (κ2) is 12.3. The fourth-order valence-corrected chi connectivity index (χ4v) is 4.96. The fourth-order valence-electron chi connectivity index (χ4n) is 4.96. The molecule has 0 aliphatic carbocycles. The Labute approximate surface area is 226 Å². The van der Waals surface area contributed by atoms with E-state index in [1.54, 1.807) is 6.92 Å². The molecular formula is C31H41N5O2. The van der Waals surface area contributed by atoms with Crippen molar-refractivity contribution in [3.8, 4) is 28.4 Å². The van der Waals surface area contributed by atoms with E-state index in [1.165, 1.54) is 5.69 Å². The molecule has 7 heteroatoms. The molecule has 0 atom stereocenters. The molecule has 4 aromatic rings. The number of Topliss-reactive ketones (excluding diaryl/α,β-unsaturated/α-hetero) is 1. The largest absolute Gasteiger partial charge is 0.494 e. The molecule has 1 aliphatic rings. The summed E-state index contributed by atoms with van der Waals surface area (Å²) in [6.07, 6.45) is 2.13. The lowest BCUT2D eigenvalue weighted by atomic mass is 9.97. The van der Waals surface area contributed by atoms with Crippen molar-refractivity contribution in [1.29, 1.82) is 0 Å². The van der Waals surface area contributed by atoms with Crippen LogP contribution in [0.2, 0.25) is 0 Å². The molecule has 0 bridgehead atoms. The van der Waals surface area contributed by atoms with Crippen LogP contribution in [0.1, 0.15) is 56.6 Å². The van der Waals surface area contributed by atoms with Gasteiger partial charge in [0.25, 0.3) is 0 Å². The van der Waals surface area contributed by atoms with Gasteiger partial charge in [0.1, 0.15) is 5.75 Å². The number of rotatable bonds is 8. The molecule has 3 heterocycles. The number of carbonyl (C=O) groups excluding carboxylic acids is 1. The number of H-pyrrole nitrogens is 2. The Morgan fingerprint density at radius 3 is 2.39 bits per heavy atom. The summed E-state index contributed by atoms with van der Waals surface area (Å²) in [5.74, 6) is 1.60. The Morgan fingerprint density at radius 1 is 1.03 bits per heavy atom. The second-order valence-electron chi connectivity index (χ2n) is 9.73. The molecule has 1 fully saturated rings. The average molecular weight is 516 g/mol. The molecule has 2 aromatic carbocycles. The first-order chi connectivity index (χ1) is 18.4. The van der Waals surface area contributed by atoms with Crippen LogP contribution in [0.3, 0.4) is 0 Å². The monoisotopic (exact) mass is 515 g/mol. The topological polar surface area (TPSA) is 77.2 Å². The number of fused-ring (bicyclic) bond motifs is 1. The highest BCUT2D eigenvalue weighted by atomic mass is 16.5. The number of hydrogen-bond donors (Lipinski definition) is 2. The zero-order chi connectivity index (χ0) is 27.2. The van der Waals surface area contributed by atoms with Crippen LogP contribution < -0.4 is 9.64 Å². The maximum Gasteiger partial charge on any atom is 0.162 e. The van der Waals surface area contributed by atoms with Crippen molar-refractivity contribution in [3.05, 3.63) is 53.7 Å². The van der Waals surface area contributed by atoms with E-state index in [0.29, 0.717) is 12.2 Å². The highest BCUT2D eigenvalue weighted by Gasteiger charge is 2.23. The smallest absolute Gasteiger partial charge is 0.162 e. The van der Waals surface area contributed by atoms with Crippen LogP contribution in [0.25, 0.3) is 33.7 Å². The van der Waals surface area contributed by atoms with Crippen molar-refractivity contribution in [3.63, 3.8) is 0 Å². The minimum absolute atomic E-state index is 0.0294. The molecule has 0 amide bonds. The van der Waals surface area contributed by atoms with Gasteiger partial charge in [-0.15, -0.1) is 0 Å². The molecule has 7 nitrogen and oxygen atoms in total. The Bertz CT molecular complexity index is 1360. The number of aromatic nitrogens is 3. The molecule has 0 radical (unpaired) electrons. The lowest BCUT2D eigenvalue weighted by molar-refractivity contribution is 0.101. The number of likely N-dealkylation sites (N-methyl/N-ethyl adjacent to an activating group) is 1. The quantitative estimate of drug-likeness (QED) is 0.202. The molecule has 0 saturated carbocycles. The standard InChI is InChI=1S/C29H35N5O2.C2H6/c1-5-6-17-36-23-10-7-21(8-11-23)27-26(20(3)35)19(2)30-28(27)29-31-24-12-9-22(18-25(24)32-29)34-15-13-33(4)14-16-34;1-2/h7-12,18,30H,5-6,13-17H2,1-4H3,(H,31,32);1-2H3. The third-order valence-electron chi connectivity index (χ3n) is 7.02. The minimum Gasteiger partial charge on any atom is -0.494 e. The first-order valence-corrected chi connectivity index (χ1v) is 13.8. The van der Waals surface area contributed by atoms with Gasteiger partial charge in [-0.2, -0.15) is 0 Å². The number of imidazole rings is 1. The van der Waals surface area contributed by atoms with Gasteiger partial charge >= 0.3 is 0 Å². The highest BCUT2D eigenvalue weighted by molar-refractivity contribution is 6.05. The van der Waals surface area contributed by atoms with Gasteiger partial charge in [-0.25, -0.2) is 4.98 Å². The van der Waals surface area contributed by atoms with Crippen LogP contribution in [0, 0.1) is 6.92 Å². The number of aromatic amines is 2. The number of unbranched alkanes of at least 4 members (excludes halogenated alkanes) is 1. The van der Waals surface area contributed by atoms with E-state index >= 15 is 0 Å². The van der Waals surface area contributed by atoms with Gasteiger partial charge in [0.05, 0.1) is 23.3 Å². The van der Waals surface area contributed by atoms with Crippen LogP contribution in [0.4, 0.5) is 5.69 Å². The molecular weight excluding hydrogens is 474 g/mol. The highest BCUT2D eigenvalue weighted by Crippen LogP contribution is 2.37. The second-order valence-corrected chi connectivity index (χ2v) is 9.73. The first-order valence-electron chi connectivity index (χ1n) is 13.8. The number of piperazine rings is 1. The maximum absolute atomic E-state index is 12.7. The van der Waals surface area contributed by atoms with E-state index in [0.717, 1.165) is 84.1 Å². The van der Waals surface area contributed by atoms with Crippen molar-refractivity contribution >= 4 is 22.5 Å². The Balaban J connectivity index is 0.00000164. The van der Waals surface area contributed by atoms with Gasteiger partial charge in [-0.3, -0.25) is 4.79 Å². The molecule has 0 unspecified atom stereocenters. The number of hydrogen-bond acceptors (Lipinski definition) is 5. The summed E-state index contributed by atoms with van der Waals surface area (Å²) in [6.45, 7) is 14.6. The number of anilines is 1. The maximum atomic E-state index is 12.7. The van der Waals surface area contributed by atoms with E-state index in [9.17, 15) is 4.79 Å². The van der Waals surface area contributed by atoms with E-state index < -0.39 is 0 Å². The summed E-state index contributed by atoms with van der Waals surface area (Å²) in [5, 5.41) is 0. The Kier molecular flexibility index (Phi) is 8.89. The lowest BCUT2D eigenvalue weighted by Gasteiger charge is -2.34. The lowest BCUT2D eigenvalue weighted by Crippen LogP contribution is -2.44. The number of ether oxygens (including phenoxy) is 1. The molecule has 38 heavy (non-hydrogen) atoms. The zero-order valence-electron chi connectivity index (χ0n) is 23.6. The molecule has 0 spiro atoms. The number of carbonyl (C=O) groups is 1. The third kappa shape index (κ3) is 5.78. The number of ketones is 1. The predicted octanol–water partition coefficient (Wildman–Crippen LogP) is 6.69. The van der Waals surface area contributed by atoms with Gasteiger partial charge in [0.15, 0.2) is 11.6 Å². The zero-order valence-corrected chi connectivity index (χ0v) is 23.6. The normalized spacial score (nSPS) is 13.9. The van der Waals surface area contributed by atoms with Crippen LogP contribution in [-0.4, -0.2) is 65.5 Å². The molecule has 1 aliphatic heterocycles. The van der Waals surface area contributed by atoms with Gasteiger partial charge in [-0.05, 0) is 63.2 Å². The average Bonchev–Trinajstić information content (AvgIpc) is 3.51. The van der Waals surface area contributed by atoms with Gasteiger partial charge in [-0.1, -0.05) is 39.3 Å². The number of aryl methyl sites for hydroxylation is 1. The van der Waals surface area contributed by atoms with Crippen molar-refractivity contribution in [1.82, 2.24) is 19.9 Å². The third-order valence-corrected chi connectivity index (χ3v) is 7.02. The number of nitrogens with one attached hydrogen (secondary N) is 2. The first kappa shape index (κ1) is 27.5. The van der Waals surface area contributed by atoms with Gasteiger partial charge in [0, 0.05) is 48.7 Å². The Hall–Kier alpha value is -3.58. The number of benzene rings is 2. The summed E-state index contributed by atoms with van der Waals surface area (Å²) in [5.41, 5.74) is 7.30. The predicted molar refractivity (Wildman–Crippen MR) is 158 cm³/mol. The molecule has 1 saturated heterocycles. The summed E-state index contributed by atoms with van der Waals surface area (Å²) >= 11 is 0. The summed E-state index contributed by atoms with van der Waals surface area (Å²) in [7, 11) is 2.17. The molecule has 5 rings (SSSR count). The summed E-state index contributed by atoms with van der Waals surface area (Å²) < 4.78 is 5.84. The Morgan fingerprint density at radius 2 is 1.74 bits per heavy atom. The van der Waals surface area contributed by atoms with E-state index in [2.05, 4.69) is 51.9 Å². The van der Waals surface area contributed by atoms with Crippen molar-refractivity contribution < 1.29 is 9.53 Å². The minimum atomic E-state index is 0.0294. The van der Waals surface area contributed by atoms with Crippen molar-refractivity contribution in [2.24, 2.45) is 0 Å². The van der Waals surface area contributed by atoms with Crippen molar-refractivity contribution in [2.45, 2.75) is 47.5 Å². The summed E-state index contributed by atoms with van der Waals surface area (Å²) in [6, 6.07) is 14.4. The van der Waals surface area contributed by atoms with Crippen LogP contribution in [0.15, 0.2) is 42.5 Å². The van der Waals surface area contributed by atoms with Crippen LogP contribution in [-0.2, 0) is 0 Å². The van der Waals surface area contributed by atoms with E-state index in [4.69, 9.17) is 9.72 Å². The van der Waals surface area contributed by atoms with Crippen LogP contribution >= 0.6 is 0 Å². The van der Waals surface area contributed by atoms with Crippen LogP contribution in [0.5, 0.6) is 5.75 Å². The molecule has 2 N–H and O–H groups in total. The fraction of sp³-hybridized carbons (Fsp3) is 0.419. The molecule has 2 aromatic heterocycles. The van der Waals surface area contributed by atoms with E-state index in [1.807, 2.05) is 45.0 Å².